The van der Waals surface area contributed by atoms with Crippen LogP contribution in [-0.4, -0.2) is 508 Å². The van der Waals surface area contributed by atoms with Crippen molar-refractivity contribution < 1.29 is 237 Å². The Balaban J connectivity index is 1.18. The Bertz CT molecular complexity index is 3440. The van der Waals surface area contributed by atoms with Gasteiger partial charge in [0.1, 0.15) is 146 Å². The molecular formula is C88H144O48S8. The second-order valence-electron chi connectivity index (χ2n) is 42.6. The van der Waals surface area contributed by atoms with E-state index >= 15 is 0 Å². The van der Waals surface area contributed by atoms with Crippen molar-refractivity contribution in [1.82, 2.24) is 0 Å². The molecule has 30 rings (SSSR count). The van der Waals surface area contributed by atoms with Crippen LogP contribution in [0.25, 0.3) is 0 Å². The van der Waals surface area contributed by atoms with Crippen LogP contribution < -0.4 is 0 Å². The quantitative estimate of drug-likeness (QED) is 0.0299. The number of aliphatic hydroxyl groups excluding tert-OH is 16. The molecule has 0 spiro atoms. The van der Waals surface area contributed by atoms with Gasteiger partial charge in [-0.3, -0.25) is 38.4 Å². The maximum Gasteiger partial charge on any atom is 0.309 e. The zero-order chi connectivity index (χ0) is 108. The summed E-state index contributed by atoms with van der Waals surface area (Å²) in [6.45, 7) is 22.0. The molecule has 24 unspecified atom stereocenters. The molecule has 0 aromatic rings. The van der Waals surface area contributed by atoms with Gasteiger partial charge in [-0.25, -0.2) is 0 Å². The molecule has 16 bridgehead atoms. The SMILES string of the molecule is CC(C)(CSCC1O[C@@H]2O[C@@H]3C(CSCC(C)(C)C(=O)O)O[C@H](O[C@@H]4C(CSCC(C)(C)C(=O)O)O[C@H](O[C@@H]5C(CSCC(C)(C)C(=O)O)O[C@H](O[C@@H]6C(CSCC(C)(C)C(=O)O)O[C@H](O[C@@H]7C(CSCC(C)(C)C(=O)O)O[C@H](O[C@@H]8C(CSCC(C)(C)C(=O)O)O[C@H](O[C@@H]9C(CSCC(C)(C)C(=O)O)O[C@H](O[C@H]1C(O)C2O)C(O)C9O)C(O)C8O)C(O)C7O)C(O)C6O)C(O)C5O)C(O)C4O)C(O)C3O)C(=O)O. The Kier molecular flexibility index (Phi) is 44.8. The summed E-state index contributed by atoms with van der Waals surface area (Å²) in [5.74, 6) is -15.4. The first-order valence-corrected chi connectivity index (χ1v) is 55.7. The molecule has 56 heteroatoms. The lowest BCUT2D eigenvalue weighted by molar-refractivity contribution is -0.396. The van der Waals surface area contributed by atoms with Crippen LogP contribution in [0.15, 0.2) is 0 Å². The highest BCUT2D eigenvalue weighted by Crippen LogP contribution is 2.46. The summed E-state index contributed by atoms with van der Waals surface area (Å²) in [6, 6.07) is 0. The first kappa shape index (κ1) is 125. The van der Waals surface area contributed by atoms with Crippen LogP contribution in [0.3, 0.4) is 0 Å². The van der Waals surface area contributed by atoms with E-state index in [9.17, 15) is 161 Å². The minimum Gasteiger partial charge on any atom is -0.481 e. The maximum atomic E-state index is 12.6. The van der Waals surface area contributed by atoms with Gasteiger partial charge in [-0.05, 0) is 111 Å². The van der Waals surface area contributed by atoms with Gasteiger partial charge in [0.15, 0.2) is 50.3 Å². The fourth-order valence-electron chi connectivity index (χ4n) is 15.7. The molecule has 30 fully saturated rings. The third-order valence-electron chi connectivity index (χ3n) is 26.0. The first-order chi connectivity index (χ1) is 66.6. The van der Waals surface area contributed by atoms with Crippen LogP contribution in [0.5, 0.6) is 0 Å². The van der Waals surface area contributed by atoms with Gasteiger partial charge in [-0.15, -0.1) is 0 Å². The molecule has 0 amide bonds. The molecule has 24 N–H and O–H groups in total. The van der Waals surface area contributed by atoms with E-state index in [0.717, 1.165) is 94.1 Å². The number of aliphatic carboxylic acids is 8. The fourth-order valence-corrected chi connectivity index (χ4v) is 25.8. The van der Waals surface area contributed by atoms with Gasteiger partial charge >= 0.3 is 47.8 Å². The molecule has 0 radical (unpaired) electrons. The number of carbonyl (C=O) groups is 8. The van der Waals surface area contributed by atoms with Gasteiger partial charge in [0, 0.05) is 92.0 Å². The van der Waals surface area contributed by atoms with Crippen molar-refractivity contribution in [1.29, 1.82) is 0 Å². The molecule has 0 aromatic carbocycles. The highest BCUT2D eigenvalue weighted by Gasteiger charge is 2.62. The molecule has 30 saturated heterocycles. The predicted octanol–water partition coefficient (Wildman–Crippen LogP) is -2.59. The number of hydrogen-bond donors (Lipinski definition) is 24. The topological polar surface area (TPSA) is 770 Å². The largest absolute Gasteiger partial charge is 0.481 e. The molecule has 144 heavy (non-hydrogen) atoms. The van der Waals surface area contributed by atoms with Crippen molar-refractivity contribution >= 4 is 142 Å². The predicted molar refractivity (Wildman–Crippen MR) is 514 cm³/mol. The second-order valence-corrected chi connectivity index (χ2v) is 50.9. The lowest BCUT2D eigenvalue weighted by atomic mass is 9.95. The van der Waals surface area contributed by atoms with Crippen LogP contribution in [0.1, 0.15) is 111 Å². The zero-order valence-corrected chi connectivity index (χ0v) is 88.7. The summed E-state index contributed by atoms with van der Waals surface area (Å²) in [5, 5.41) is 282. The first-order valence-electron chi connectivity index (χ1n) is 46.5. The van der Waals surface area contributed by atoms with Crippen molar-refractivity contribution in [3.05, 3.63) is 0 Å². The van der Waals surface area contributed by atoms with E-state index < -0.39 is 383 Å². The molecule has 0 aliphatic carbocycles. The van der Waals surface area contributed by atoms with Gasteiger partial charge in [0.05, 0.1) is 92.2 Å². The average molecular weight is 2230 g/mol. The number of hydrogen-bond acceptors (Lipinski definition) is 48. The smallest absolute Gasteiger partial charge is 0.309 e. The number of carboxylic acids is 8. The Morgan fingerprint density at radius 2 is 0.243 bits per heavy atom. The van der Waals surface area contributed by atoms with E-state index in [1.807, 2.05) is 0 Å². The van der Waals surface area contributed by atoms with Crippen molar-refractivity contribution in [3.8, 4) is 0 Å². The monoisotopic (exact) mass is 2220 g/mol. The van der Waals surface area contributed by atoms with Crippen molar-refractivity contribution in [3.63, 3.8) is 0 Å². The van der Waals surface area contributed by atoms with Crippen LogP contribution in [0, 0.1) is 43.3 Å². The van der Waals surface area contributed by atoms with E-state index in [4.69, 9.17) is 75.8 Å². The summed E-state index contributed by atoms with van der Waals surface area (Å²) in [7, 11) is 0. The van der Waals surface area contributed by atoms with Gasteiger partial charge in [0.25, 0.3) is 0 Å². The number of carboxylic acid groups (broad SMARTS) is 8. The highest BCUT2D eigenvalue weighted by atomic mass is 32.2. The third kappa shape index (κ3) is 31.0. The summed E-state index contributed by atoms with van der Waals surface area (Å²) in [4.78, 5) is 101. The van der Waals surface area contributed by atoms with Crippen LogP contribution in [0.4, 0.5) is 0 Å². The molecule has 30 aliphatic rings. The molecule has 0 saturated carbocycles. The van der Waals surface area contributed by atoms with Crippen molar-refractivity contribution in [2.75, 3.05) is 92.0 Å². The van der Waals surface area contributed by atoms with E-state index in [1.54, 1.807) is 0 Å². The van der Waals surface area contributed by atoms with E-state index in [0.29, 0.717) is 0 Å². The van der Waals surface area contributed by atoms with Gasteiger partial charge in [-0.1, -0.05) is 0 Å². The van der Waals surface area contributed by atoms with Gasteiger partial charge < -0.3 is 198 Å². The maximum absolute atomic E-state index is 12.6. The zero-order valence-electron chi connectivity index (χ0n) is 82.2. The van der Waals surface area contributed by atoms with Crippen LogP contribution in [-0.2, 0) is 114 Å². The number of aliphatic hydroxyl groups is 16. The summed E-state index contributed by atoms with van der Waals surface area (Å²) in [6.07, 6.45) is -84.2. The fraction of sp³-hybridized carbons (Fsp3) is 0.909. The van der Waals surface area contributed by atoms with Crippen LogP contribution >= 0.6 is 94.1 Å². The number of ether oxygens (including phenoxy) is 16. The lowest BCUT2D eigenvalue weighted by Crippen LogP contribution is -2.69. The van der Waals surface area contributed by atoms with Crippen molar-refractivity contribution in [2.45, 2.75) is 356 Å². The Hall–Kier alpha value is -2.72. The minimum atomic E-state index is -2.37. The minimum absolute atomic E-state index is 0.222. The molecule has 832 valence electrons. The Morgan fingerprint density at radius 1 is 0.160 bits per heavy atom. The third-order valence-corrected chi connectivity index (χ3v) is 38.0. The molecule has 0 aromatic heterocycles. The van der Waals surface area contributed by atoms with Crippen LogP contribution in [0.2, 0.25) is 0 Å². The van der Waals surface area contributed by atoms with Gasteiger partial charge in [-0.2, -0.15) is 94.1 Å². The molecule has 30 heterocycles. The summed E-state index contributed by atoms with van der Waals surface area (Å²) >= 11 is 7.08. The number of rotatable bonds is 40. The summed E-state index contributed by atoms with van der Waals surface area (Å²) < 4.78 is 103. The standard InChI is InChI=1S/C88H144O48S8/c1-81(2,73(105)106)25-137-17-33-57-41(89)49(97)65(121-33)130-58-34(18-138-26-82(3,4)74(107)108)123-67(51(99)43(58)91)132-60-36(20-140-28-84(7,8)76(111)112)125-69(53(101)45(60)93)134-62-38(22-142-30-86(11,12)78(115)116)127-71(55(103)47(62)95)136-64-40(24-144-32-88(15,16)80(119)120)128-72(56(104)48(64)96)135-63-39(23-143-31-87(13,14)79(117)118)126-70(54(102)46(63)94)133-61-37(21-141-29-85(9,10)77(113)114)124-68(52(100)44(61)92)131-59-35(19-139-27-83(5,6)75(109)110)122-66(129-57)50(98)42(59)90/h33-72,89-104H,17-32H2,1-16H3,(H,105,106)(H,107,108)(H,109,110)(H,111,112)(H,113,114)(H,115,116)(H,117,118)(H,119,120)/t33?,34?,35?,36?,37?,38?,39?,40?,41?,42?,43?,44?,45?,46?,47?,48?,49?,50?,51?,52?,53?,54?,55?,56?,57-,58-,59-,60-,61-,62-,63-,64-,65-,66-,67-,68-,69-,70-,71-,72-/m1/s1. The second kappa shape index (κ2) is 51.8. The Labute approximate surface area is 865 Å². The molecular weight excluding hydrogens is 2080 g/mol. The normalized spacial score (nSPS) is 39.2. The Morgan fingerprint density at radius 3 is 0.319 bits per heavy atom. The van der Waals surface area contributed by atoms with Gasteiger partial charge in [0.2, 0.25) is 0 Å². The average Bonchev–Trinajstić information content (AvgIpc) is 0.766. The number of thioether (sulfide) groups is 8. The summed E-state index contributed by atoms with van der Waals surface area (Å²) in [5.41, 5.74) is -12.0. The van der Waals surface area contributed by atoms with Crippen molar-refractivity contribution in [2.24, 2.45) is 43.3 Å². The molecule has 30 aliphatic heterocycles. The lowest BCUT2D eigenvalue weighted by Gasteiger charge is -2.51. The van der Waals surface area contributed by atoms with E-state index in [1.165, 1.54) is 111 Å². The highest BCUT2D eigenvalue weighted by molar-refractivity contribution is 8.00. The molecule has 48 nitrogen and oxygen atoms in total. The van der Waals surface area contributed by atoms with E-state index in [-0.39, 0.29) is 46.0 Å². The molecule has 40 atom stereocenters. The van der Waals surface area contributed by atoms with E-state index in [2.05, 4.69) is 0 Å².